The smallest absolute Gasteiger partial charge is 0.0820 e. The molecule has 1 fully saturated rings. The minimum absolute atomic E-state index is 0.176. The summed E-state index contributed by atoms with van der Waals surface area (Å²) in [5.41, 5.74) is 2.62. The third-order valence-corrected chi connectivity index (χ3v) is 5.04. The number of hydrogen-bond donors (Lipinski definition) is 2. The fraction of sp³-hybridized carbons (Fsp3) is 0.429. The number of nitrogens with zero attached hydrogens (tertiary/aromatic N) is 1. The van der Waals surface area contributed by atoms with Gasteiger partial charge in [-0.25, -0.2) is 0 Å². The maximum atomic E-state index is 10.6. The molecule has 1 heterocycles. The van der Waals surface area contributed by atoms with Crippen LogP contribution in [0, 0.1) is 0 Å². The molecular formula is C21H28N2O. The van der Waals surface area contributed by atoms with Crippen LogP contribution >= 0.6 is 0 Å². The number of hydrogen-bond acceptors (Lipinski definition) is 3. The van der Waals surface area contributed by atoms with Gasteiger partial charge in [0.15, 0.2) is 0 Å². The number of β-amino-alcohol motifs (C(OH)–C–C–N with tert-alkyl or cyclic N) is 1. The lowest BCUT2D eigenvalue weighted by molar-refractivity contribution is 0.0186. The monoisotopic (exact) mass is 324 g/mol. The molecule has 1 unspecified atom stereocenters. The average Bonchev–Trinajstić information content (AvgIpc) is 2.63. The fourth-order valence-corrected chi connectivity index (χ4v) is 3.70. The summed E-state index contributed by atoms with van der Waals surface area (Å²) in [5.74, 6) is 0. The number of nitrogens with one attached hydrogen (secondary N) is 1. The van der Waals surface area contributed by atoms with E-state index >= 15 is 0 Å². The molecule has 0 amide bonds. The Morgan fingerprint density at radius 3 is 2.38 bits per heavy atom. The third kappa shape index (κ3) is 4.23. The molecule has 3 atom stereocenters. The second kappa shape index (κ2) is 8.43. The van der Waals surface area contributed by atoms with Crippen molar-refractivity contribution in [2.24, 2.45) is 0 Å². The minimum atomic E-state index is -0.319. The number of rotatable bonds is 6. The van der Waals surface area contributed by atoms with Crippen molar-refractivity contribution in [1.29, 1.82) is 0 Å². The number of piperidine rings is 1. The molecule has 0 spiro atoms. The van der Waals surface area contributed by atoms with Gasteiger partial charge < -0.3 is 10.4 Å². The van der Waals surface area contributed by atoms with Gasteiger partial charge in [0.25, 0.3) is 0 Å². The van der Waals surface area contributed by atoms with Crippen LogP contribution in [-0.2, 0) is 6.54 Å². The quantitative estimate of drug-likeness (QED) is 0.855. The third-order valence-electron chi connectivity index (χ3n) is 5.04. The van der Waals surface area contributed by atoms with Crippen LogP contribution in [0.2, 0.25) is 0 Å². The molecule has 0 saturated carbocycles. The summed E-state index contributed by atoms with van der Waals surface area (Å²) in [5, 5.41) is 14.1. The summed E-state index contributed by atoms with van der Waals surface area (Å²) in [7, 11) is 0. The van der Waals surface area contributed by atoms with E-state index in [0.717, 1.165) is 32.5 Å². The zero-order chi connectivity index (χ0) is 16.8. The van der Waals surface area contributed by atoms with E-state index in [1.54, 1.807) is 0 Å². The number of aliphatic hydroxyl groups is 1. The number of benzene rings is 2. The predicted octanol–water partition coefficient (Wildman–Crippen LogP) is 3.36. The van der Waals surface area contributed by atoms with Crippen LogP contribution in [0.1, 0.15) is 36.9 Å². The first-order valence-corrected chi connectivity index (χ1v) is 9.02. The van der Waals surface area contributed by atoms with Gasteiger partial charge in [0, 0.05) is 31.7 Å². The number of likely N-dealkylation sites (tertiary alicyclic amines) is 1. The molecule has 128 valence electrons. The van der Waals surface area contributed by atoms with Crippen molar-refractivity contribution in [1.82, 2.24) is 10.2 Å². The van der Waals surface area contributed by atoms with E-state index in [-0.39, 0.29) is 12.1 Å². The van der Waals surface area contributed by atoms with E-state index in [4.69, 9.17) is 0 Å². The van der Waals surface area contributed by atoms with E-state index in [0.29, 0.717) is 6.04 Å². The van der Waals surface area contributed by atoms with Crippen molar-refractivity contribution in [3.05, 3.63) is 71.8 Å². The zero-order valence-corrected chi connectivity index (χ0v) is 14.4. The first-order chi connectivity index (χ1) is 11.8. The Morgan fingerprint density at radius 1 is 1.08 bits per heavy atom. The normalized spacial score (nSPS) is 23.1. The van der Waals surface area contributed by atoms with Gasteiger partial charge in [-0.1, -0.05) is 67.6 Å². The molecule has 1 aliphatic rings. The van der Waals surface area contributed by atoms with Crippen LogP contribution in [0.25, 0.3) is 0 Å². The van der Waals surface area contributed by atoms with Gasteiger partial charge in [0.05, 0.1) is 6.10 Å². The largest absolute Gasteiger partial charge is 0.390 e. The number of aliphatic hydroxyl groups excluding tert-OH is 1. The second-order valence-corrected chi connectivity index (χ2v) is 6.66. The van der Waals surface area contributed by atoms with E-state index in [1.807, 2.05) is 6.07 Å². The van der Waals surface area contributed by atoms with Crippen LogP contribution in [-0.4, -0.2) is 35.2 Å². The molecule has 3 rings (SSSR count). The molecule has 2 aromatic rings. The van der Waals surface area contributed by atoms with Crippen molar-refractivity contribution in [3.8, 4) is 0 Å². The molecule has 3 nitrogen and oxygen atoms in total. The Morgan fingerprint density at radius 2 is 1.75 bits per heavy atom. The standard InChI is InChI=1S/C21H28N2O/c1-2-20(18-11-7-4-8-12-18)23-14-13-19(21(24)16-23)22-15-17-9-5-3-6-10-17/h3-12,19-22,24H,2,13-16H2,1H3/t19-,20?,21-/m0/s1. The van der Waals surface area contributed by atoms with Crippen molar-refractivity contribution in [2.45, 2.75) is 44.5 Å². The van der Waals surface area contributed by atoms with Gasteiger partial charge in [-0.3, -0.25) is 4.90 Å². The summed E-state index contributed by atoms with van der Waals surface area (Å²) in [6, 6.07) is 21.6. The van der Waals surface area contributed by atoms with Crippen molar-refractivity contribution in [2.75, 3.05) is 13.1 Å². The Hall–Kier alpha value is -1.68. The highest BCUT2D eigenvalue weighted by molar-refractivity contribution is 5.19. The highest BCUT2D eigenvalue weighted by Gasteiger charge is 2.30. The maximum Gasteiger partial charge on any atom is 0.0820 e. The molecule has 2 N–H and O–H groups in total. The van der Waals surface area contributed by atoms with Gasteiger partial charge in [-0.15, -0.1) is 0 Å². The SMILES string of the molecule is CCC(c1ccccc1)N1CC[C@H](NCc2ccccc2)[C@@H](O)C1. The molecule has 2 aromatic carbocycles. The first-order valence-electron chi connectivity index (χ1n) is 9.02. The lowest BCUT2D eigenvalue weighted by Crippen LogP contribution is -2.53. The van der Waals surface area contributed by atoms with E-state index in [1.165, 1.54) is 11.1 Å². The summed E-state index contributed by atoms with van der Waals surface area (Å²) in [4.78, 5) is 2.43. The molecule has 1 saturated heterocycles. The Bertz CT molecular complexity index is 602. The van der Waals surface area contributed by atoms with Crippen molar-refractivity contribution < 1.29 is 5.11 Å². The Kier molecular flexibility index (Phi) is 6.02. The minimum Gasteiger partial charge on any atom is -0.390 e. The first kappa shape index (κ1) is 17.2. The van der Waals surface area contributed by atoms with Gasteiger partial charge in [-0.2, -0.15) is 0 Å². The molecule has 0 aromatic heterocycles. The van der Waals surface area contributed by atoms with Crippen LogP contribution in [0.4, 0.5) is 0 Å². The Balaban J connectivity index is 1.56. The average molecular weight is 324 g/mol. The van der Waals surface area contributed by atoms with Crippen LogP contribution in [0.5, 0.6) is 0 Å². The fourth-order valence-electron chi connectivity index (χ4n) is 3.70. The zero-order valence-electron chi connectivity index (χ0n) is 14.4. The van der Waals surface area contributed by atoms with Gasteiger partial charge in [-0.05, 0) is 24.0 Å². The molecule has 0 bridgehead atoms. The van der Waals surface area contributed by atoms with Crippen LogP contribution < -0.4 is 5.32 Å². The summed E-state index contributed by atoms with van der Waals surface area (Å²) in [6.45, 7) is 4.80. The Labute approximate surface area is 145 Å². The highest BCUT2D eigenvalue weighted by Crippen LogP contribution is 2.27. The highest BCUT2D eigenvalue weighted by atomic mass is 16.3. The lowest BCUT2D eigenvalue weighted by atomic mass is 9.96. The van der Waals surface area contributed by atoms with Gasteiger partial charge in [0.2, 0.25) is 0 Å². The maximum absolute atomic E-state index is 10.6. The molecule has 24 heavy (non-hydrogen) atoms. The summed E-state index contributed by atoms with van der Waals surface area (Å²) in [6.07, 6.45) is 1.73. The van der Waals surface area contributed by atoms with Gasteiger partial charge in [0.1, 0.15) is 0 Å². The molecule has 3 heteroatoms. The summed E-state index contributed by atoms with van der Waals surface area (Å²) >= 11 is 0. The van der Waals surface area contributed by atoms with E-state index in [2.05, 4.69) is 71.7 Å². The topological polar surface area (TPSA) is 35.5 Å². The van der Waals surface area contributed by atoms with Crippen LogP contribution in [0.15, 0.2) is 60.7 Å². The van der Waals surface area contributed by atoms with E-state index in [9.17, 15) is 5.11 Å². The lowest BCUT2D eigenvalue weighted by Gasteiger charge is -2.40. The van der Waals surface area contributed by atoms with Gasteiger partial charge >= 0.3 is 0 Å². The molecule has 1 aliphatic heterocycles. The molecular weight excluding hydrogens is 296 g/mol. The summed E-state index contributed by atoms with van der Waals surface area (Å²) < 4.78 is 0. The second-order valence-electron chi connectivity index (χ2n) is 6.66. The molecule has 0 aliphatic carbocycles. The van der Waals surface area contributed by atoms with Crippen molar-refractivity contribution in [3.63, 3.8) is 0 Å². The molecule has 0 radical (unpaired) electrons. The van der Waals surface area contributed by atoms with Crippen molar-refractivity contribution >= 4 is 0 Å². The van der Waals surface area contributed by atoms with Crippen LogP contribution in [0.3, 0.4) is 0 Å². The predicted molar refractivity (Wildman–Crippen MR) is 98.7 cm³/mol. The van der Waals surface area contributed by atoms with E-state index < -0.39 is 0 Å².